The van der Waals surface area contributed by atoms with Gasteiger partial charge in [0.05, 0.1) is 0 Å². The minimum Gasteiger partial charge on any atom is -0.316 e. The van der Waals surface area contributed by atoms with Gasteiger partial charge in [0.15, 0.2) is 0 Å². The highest BCUT2D eigenvalue weighted by atomic mass is 15.1. The van der Waals surface area contributed by atoms with Crippen LogP contribution in [0.2, 0.25) is 0 Å². The number of nitrogens with one attached hydrogen (secondary N) is 1. The first-order valence-electron chi connectivity index (χ1n) is 6.78. The smallest absolute Gasteiger partial charge is 0.00189 e. The Labute approximate surface area is 105 Å². The first-order chi connectivity index (χ1) is 8.34. The van der Waals surface area contributed by atoms with Crippen molar-refractivity contribution in [2.75, 3.05) is 33.2 Å². The van der Waals surface area contributed by atoms with Gasteiger partial charge in [-0.3, -0.25) is 0 Å². The van der Waals surface area contributed by atoms with Crippen LogP contribution in [-0.4, -0.2) is 38.1 Å². The van der Waals surface area contributed by atoms with Crippen molar-refractivity contribution in [1.29, 1.82) is 0 Å². The van der Waals surface area contributed by atoms with Crippen LogP contribution in [0.5, 0.6) is 0 Å². The number of nitrogens with zero attached hydrogens (tertiary/aromatic N) is 1. The fourth-order valence-electron chi connectivity index (χ4n) is 2.58. The standard InChI is InChI=1S/C15H24N2/c1-17(13-15-8-5-10-16-12-15)11-9-14-6-3-2-4-7-14/h2-4,6-7,15-16H,5,8-13H2,1H3. The van der Waals surface area contributed by atoms with Crippen molar-refractivity contribution in [2.45, 2.75) is 19.3 Å². The molecule has 0 aliphatic carbocycles. The minimum absolute atomic E-state index is 0.851. The second-order valence-electron chi connectivity index (χ2n) is 5.21. The van der Waals surface area contributed by atoms with Crippen molar-refractivity contribution >= 4 is 0 Å². The third kappa shape index (κ3) is 4.49. The van der Waals surface area contributed by atoms with Gasteiger partial charge in [-0.1, -0.05) is 30.3 Å². The zero-order valence-electron chi connectivity index (χ0n) is 10.9. The van der Waals surface area contributed by atoms with Crippen LogP contribution in [0.15, 0.2) is 30.3 Å². The average molecular weight is 232 g/mol. The fourth-order valence-corrected chi connectivity index (χ4v) is 2.58. The first-order valence-corrected chi connectivity index (χ1v) is 6.78. The van der Waals surface area contributed by atoms with E-state index in [1.165, 1.54) is 44.6 Å². The predicted molar refractivity (Wildman–Crippen MR) is 73.2 cm³/mol. The molecule has 2 nitrogen and oxygen atoms in total. The lowest BCUT2D eigenvalue weighted by atomic mass is 9.99. The van der Waals surface area contributed by atoms with Gasteiger partial charge in [-0.25, -0.2) is 0 Å². The lowest BCUT2D eigenvalue weighted by Gasteiger charge is -2.27. The summed E-state index contributed by atoms with van der Waals surface area (Å²) in [6, 6.07) is 10.8. The van der Waals surface area contributed by atoms with Gasteiger partial charge in [0.1, 0.15) is 0 Å². The molecule has 1 N–H and O–H groups in total. The maximum absolute atomic E-state index is 3.49. The highest BCUT2D eigenvalue weighted by Gasteiger charge is 2.14. The van der Waals surface area contributed by atoms with Gasteiger partial charge in [0.2, 0.25) is 0 Å². The monoisotopic (exact) mass is 232 g/mol. The summed E-state index contributed by atoms with van der Waals surface area (Å²) >= 11 is 0. The summed E-state index contributed by atoms with van der Waals surface area (Å²) in [7, 11) is 2.25. The van der Waals surface area contributed by atoms with Crippen LogP contribution in [-0.2, 0) is 6.42 Å². The van der Waals surface area contributed by atoms with Gasteiger partial charge in [-0.15, -0.1) is 0 Å². The SMILES string of the molecule is CN(CCc1ccccc1)CC1CCCNC1. The van der Waals surface area contributed by atoms with Crippen LogP contribution in [0.1, 0.15) is 18.4 Å². The van der Waals surface area contributed by atoms with E-state index in [2.05, 4.69) is 47.6 Å². The van der Waals surface area contributed by atoms with E-state index in [9.17, 15) is 0 Å². The fraction of sp³-hybridized carbons (Fsp3) is 0.600. The van der Waals surface area contributed by atoms with Crippen LogP contribution in [0, 0.1) is 5.92 Å². The van der Waals surface area contributed by atoms with Gasteiger partial charge in [0.25, 0.3) is 0 Å². The number of rotatable bonds is 5. The van der Waals surface area contributed by atoms with E-state index >= 15 is 0 Å². The molecule has 1 fully saturated rings. The van der Waals surface area contributed by atoms with Gasteiger partial charge in [0, 0.05) is 13.1 Å². The van der Waals surface area contributed by atoms with Crippen molar-refractivity contribution in [1.82, 2.24) is 10.2 Å². The number of benzene rings is 1. The Morgan fingerprint density at radius 3 is 2.82 bits per heavy atom. The van der Waals surface area contributed by atoms with Crippen molar-refractivity contribution in [3.05, 3.63) is 35.9 Å². The molecule has 1 heterocycles. The lowest BCUT2D eigenvalue weighted by molar-refractivity contribution is 0.245. The van der Waals surface area contributed by atoms with Crippen LogP contribution >= 0.6 is 0 Å². The number of likely N-dealkylation sites (N-methyl/N-ethyl adjacent to an activating group) is 1. The van der Waals surface area contributed by atoms with Crippen LogP contribution in [0.4, 0.5) is 0 Å². The van der Waals surface area contributed by atoms with Gasteiger partial charge < -0.3 is 10.2 Å². The van der Waals surface area contributed by atoms with Crippen molar-refractivity contribution in [3.8, 4) is 0 Å². The zero-order chi connectivity index (χ0) is 11.9. The lowest BCUT2D eigenvalue weighted by Crippen LogP contribution is -2.37. The summed E-state index contributed by atoms with van der Waals surface area (Å²) < 4.78 is 0. The van der Waals surface area contributed by atoms with Gasteiger partial charge >= 0.3 is 0 Å². The molecule has 0 aromatic heterocycles. The van der Waals surface area contributed by atoms with Crippen LogP contribution in [0.3, 0.4) is 0 Å². The third-order valence-corrected chi connectivity index (χ3v) is 3.59. The Morgan fingerprint density at radius 2 is 2.12 bits per heavy atom. The maximum Gasteiger partial charge on any atom is 0.00189 e. The molecule has 17 heavy (non-hydrogen) atoms. The van der Waals surface area contributed by atoms with E-state index in [-0.39, 0.29) is 0 Å². The molecule has 1 atom stereocenters. The van der Waals surface area contributed by atoms with E-state index < -0.39 is 0 Å². The van der Waals surface area contributed by atoms with E-state index in [0.717, 1.165) is 12.3 Å². The third-order valence-electron chi connectivity index (χ3n) is 3.59. The van der Waals surface area contributed by atoms with Crippen LogP contribution < -0.4 is 5.32 Å². The largest absolute Gasteiger partial charge is 0.316 e. The molecule has 0 spiro atoms. The second kappa shape index (κ2) is 6.77. The van der Waals surface area contributed by atoms with Crippen molar-refractivity contribution in [3.63, 3.8) is 0 Å². The molecule has 0 amide bonds. The molecular formula is C15H24N2. The Hall–Kier alpha value is -0.860. The van der Waals surface area contributed by atoms with Gasteiger partial charge in [-0.05, 0) is 50.9 Å². The number of hydrogen-bond acceptors (Lipinski definition) is 2. The molecule has 2 rings (SSSR count). The molecule has 1 aromatic rings. The molecular weight excluding hydrogens is 208 g/mol. The molecule has 1 aromatic carbocycles. The molecule has 0 radical (unpaired) electrons. The van der Waals surface area contributed by atoms with E-state index in [4.69, 9.17) is 0 Å². The van der Waals surface area contributed by atoms with E-state index in [1.807, 2.05) is 0 Å². The van der Waals surface area contributed by atoms with Crippen molar-refractivity contribution < 1.29 is 0 Å². The van der Waals surface area contributed by atoms with Crippen LogP contribution in [0.25, 0.3) is 0 Å². The van der Waals surface area contributed by atoms with E-state index in [0.29, 0.717) is 0 Å². The molecule has 1 aliphatic heterocycles. The quantitative estimate of drug-likeness (QED) is 0.837. The summed E-state index contributed by atoms with van der Waals surface area (Å²) in [6.07, 6.45) is 3.90. The number of hydrogen-bond donors (Lipinski definition) is 1. The summed E-state index contributed by atoms with van der Waals surface area (Å²) in [5, 5.41) is 3.49. The summed E-state index contributed by atoms with van der Waals surface area (Å²) in [5.41, 5.74) is 1.45. The maximum atomic E-state index is 3.49. The zero-order valence-corrected chi connectivity index (χ0v) is 10.9. The molecule has 1 unspecified atom stereocenters. The van der Waals surface area contributed by atoms with E-state index in [1.54, 1.807) is 0 Å². The molecule has 1 saturated heterocycles. The Balaban J connectivity index is 1.68. The normalized spacial score (nSPS) is 20.7. The van der Waals surface area contributed by atoms with Crippen molar-refractivity contribution in [2.24, 2.45) is 5.92 Å². The Morgan fingerprint density at radius 1 is 1.29 bits per heavy atom. The summed E-state index contributed by atoms with van der Waals surface area (Å²) in [6.45, 7) is 4.82. The van der Waals surface area contributed by atoms with Gasteiger partial charge in [-0.2, -0.15) is 0 Å². The highest BCUT2D eigenvalue weighted by molar-refractivity contribution is 5.14. The Bertz CT molecular complexity index is 304. The first kappa shape index (κ1) is 12.6. The molecule has 1 aliphatic rings. The molecule has 0 bridgehead atoms. The molecule has 2 heteroatoms. The summed E-state index contributed by atoms with van der Waals surface area (Å²) in [5.74, 6) is 0.851. The minimum atomic E-state index is 0.851. The summed E-state index contributed by atoms with van der Waals surface area (Å²) in [4.78, 5) is 2.48. The highest BCUT2D eigenvalue weighted by Crippen LogP contribution is 2.11. The topological polar surface area (TPSA) is 15.3 Å². The molecule has 0 saturated carbocycles. The molecule has 94 valence electrons. The number of piperidine rings is 1. The predicted octanol–water partition coefficient (Wildman–Crippen LogP) is 2.16. The Kier molecular flexibility index (Phi) is 5.02. The second-order valence-corrected chi connectivity index (χ2v) is 5.21. The average Bonchev–Trinajstić information content (AvgIpc) is 2.39.